The minimum Gasteiger partial charge on any atom is -0.449 e. The van der Waals surface area contributed by atoms with Gasteiger partial charge in [0.05, 0.1) is 16.8 Å². The SMILES string of the molecule is C[C@H](OC(=O)c1ccc(Cl)cc1N)C(=O)Nc1ccccc1C#N. The van der Waals surface area contributed by atoms with Crippen LogP contribution in [0.3, 0.4) is 0 Å². The van der Waals surface area contributed by atoms with Gasteiger partial charge in [-0.05, 0) is 37.3 Å². The molecule has 2 rings (SSSR count). The van der Waals surface area contributed by atoms with Gasteiger partial charge >= 0.3 is 5.97 Å². The zero-order valence-electron chi connectivity index (χ0n) is 12.7. The van der Waals surface area contributed by atoms with Crippen molar-refractivity contribution >= 4 is 34.9 Å². The van der Waals surface area contributed by atoms with Crippen molar-refractivity contribution in [1.29, 1.82) is 5.26 Å². The van der Waals surface area contributed by atoms with Crippen LogP contribution in [0, 0.1) is 11.3 Å². The van der Waals surface area contributed by atoms with E-state index in [1.807, 2.05) is 6.07 Å². The summed E-state index contributed by atoms with van der Waals surface area (Å²) in [6.45, 7) is 1.42. The Labute approximate surface area is 143 Å². The number of halogens is 1. The molecule has 0 saturated carbocycles. The van der Waals surface area contributed by atoms with E-state index in [4.69, 9.17) is 27.3 Å². The molecule has 0 unspecified atom stereocenters. The van der Waals surface area contributed by atoms with E-state index in [9.17, 15) is 9.59 Å². The van der Waals surface area contributed by atoms with E-state index < -0.39 is 18.0 Å². The molecule has 1 atom stereocenters. The summed E-state index contributed by atoms with van der Waals surface area (Å²) in [5, 5.41) is 11.9. The largest absolute Gasteiger partial charge is 0.449 e. The summed E-state index contributed by atoms with van der Waals surface area (Å²) in [7, 11) is 0. The Bertz CT molecular complexity index is 830. The number of rotatable bonds is 4. The van der Waals surface area contributed by atoms with Gasteiger partial charge in [-0.25, -0.2) is 4.79 Å². The number of hydrogen-bond acceptors (Lipinski definition) is 5. The summed E-state index contributed by atoms with van der Waals surface area (Å²) in [6.07, 6.45) is -1.07. The molecule has 0 aliphatic heterocycles. The van der Waals surface area contributed by atoms with Crippen LogP contribution < -0.4 is 11.1 Å². The minimum absolute atomic E-state index is 0.122. The number of carbonyl (C=O) groups excluding carboxylic acids is 2. The molecule has 2 aromatic carbocycles. The lowest BCUT2D eigenvalue weighted by atomic mass is 10.2. The number of benzene rings is 2. The van der Waals surface area contributed by atoms with Crippen LogP contribution in [-0.2, 0) is 9.53 Å². The Hall–Kier alpha value is -3.04. The van der Waals surface area contributed by atoms with E-state index in [1.54, 1.807) is 24.3 Å². The number of nitriles is 1. The fraction of sp³-hybridized carbons (Fsp3) is 0.118. The summed E-state index contributed by atoms with van der Waals surface area (Å²) >= 11 is 5.77. The lowest BCUT2D eigenvalue weighted by Gasteiger charge is -2.15. The number of nitrogen functional groups attached to an aromatic ring is 1. The molecule has 7 heteroatoms. The van der Waals surface area contributed by atoms with Crippen molar-refractivity contribution in [1.82, 2.24) is 0 Å². The van der Waals surface area contributed by atoms with E-state index in [-0.39, 0.29) is 11.3 Å². The predicted octanol–water partition coefficient (Wildman–Crippen LogP) is 2.98. The lowest BCUT2D eigenvalue weighted by molar-refractivity contribution is -0.123. The van der Waals surface area contributed by atoms with E-state index in [2.05, 4.69) is 5.32 Å². The second-order valence-corrected chi connectivity index (χ2v) is 5.36. The summed E-state index contributed by atoms with van der Waals surface area (Å²) in [5.74, 6) is -1.29. The number of ether oxygens (including phenoxy) is 1. The second kappa shape index (κ2) is 7.49. The van der Waals surface area contributed by atoms with Gasteiger partial charge in [0.2, 0.25) is 0 Å². The number of anilines is 2. The van der Waals surface area contributed by atoms with E-state index in [0.717, 1.165) is 0 Å². The quantitative estimate of drug-likeness (QED) is 0.655. The molecule has 0 aliphatic carbocycles. The molecule has 2 aromatic rings. The molecule has 0 bridgehead atoms. The third kappa shape index (κ3) is 4.03. The maximum atomic E-state index is 12.1. The zero-order valence-corrected chi connectivity index (χ0v) is 13.5. The summed E-state index contributed by atoms with van der Waals surface area (Å²) in [5.41, 5.74) is 6.66. The van der Waals surface area contributed by atoms with Gasteiger partial charge in [-0.1, -0.05) is 23.7 Å². The first-order chi connectivity index (χ1) is 11.4. The van der Waals surface area contributed by atoms with Crippen molar-refractivity contribution in [2.75, 3.05) is 11.1 Å². The summed E-state index contributed by atoms with van der Waals surface area (Å²) in [4.78, 5) is 24.2. The maximum Gasteiger partial charge on any atom is 0.341 e. The lowest BCUT2D eigenvalue weighted by Crippen LogP contribution is -2.30. The average molecular weight is 344 g/mol. The van der Waals surface area contributed by atoms with Crippen molar-refractivity contribution in [3.63, 3.8) is 0 Å². The van der Waals surface area contributed by atoms with E-state index in [1.165, 1.54) is 25.1 Å². The van der Waals surface area contributed by atoms with Crippen LogP contribution in [0.1, 0.15) is 22.8 Å². The zero-order chi connectivity index (χ0) is 17.7. The number of hydrogen-bond donors (Lipinski definition) is 2. The standard InChI is InChI=1S/C17H14ClN3O3/c1-10(16(22)21-15-5-3-2-4-11(15)9-19)24-17(23)13-7-6-12(18)8-14(13)20/h2-8,10H,20H2,1H3,(H,21,22)/t10-/m0/s1. The highest BCUT2D eigenvalue weighted by atomic mass is 35.5. The van der Waals surface area contributed by atoms with Crippen LogP contribution in [-0.4, -0.2) is 18.0 Å². The highest BCUT2D eigenvalue weighted by Gasteiger charge is 2.21. The van der Waals surface area contributed by atoms with E-state index in [0.29, 0.717) is 16.3 Å². The molecule has 0 saturated heterocycles. The van der Waals surface area contributed by atoms with E-state index >= 15 is 0 Å². The monoisotopic (exact) mass is 343 g/mol. The van der Waals surface area contributed by atoms with Gasteiger partial charge in [-0.2, -0.15) is 5.26 Å². The smallest absolute Gasteiger partial charge is 0.341 e. The topological polar surface area (TPSA) is 105 Å². The summed E-state index contributed by atoms with van der Waals surface area (Å²) < 4.78 is 5.11. The molecule has 0 radical (unpaired) electrons. The molecule has 3 N–H and O–H groups in total. The molecule has 0 aromatic heterocycles. The van der Waals surface area contributed by atoms with Crippen LogP contribution in [0.25, 0.3) is 0 Å². The van der Waals surface area contributed by atoms with Crippen LogP contribution in [0.15, 0.2) is 42.5 Å². The fourth-order valence-corrected chi connectivity index (χ4v) is 2.10. The fourth-order valence-electron chi connectivity index (χ4n) is 1.92. The highest BCUT2D eigenvalue weighted by Crippen LogP contribution is 2.20. The Morgan fingerprint density at radius 1 is 1.29 bits per heavy atom. The number of esters is 1. The number of nitrogens with one attached hydrogen (secondary N) is 1. The normalized spacial score (nSPS) is 11.2. The third-order valence-electron chi connectivity index (χ3n) is 3.19. The predicted molar refractivity (Wildman–Crippen MR) is 90.5 cm³/mol. The molecule has 0 heterocycles. The first-order valence-corrected chi connectivity index (χ1v) is 7.36. The number of amides is 1. The van der Waals surface area contributed by atoms with Gasteiger partial charge in [0.15, 0.2) is 6.10 Å². The number of nitrogens with two attached hydrogens (primary N) is 1. The Balaban J connectivity index is 2.06. The minimum atomic E-state index is -1.07. The first kappa shape index (κ1) is 17.3. The maximum absolute atomic E-state index is 12.1. The second-order valence-electron chi connectivity index (χ2n) is 4.93. The van der Waals surface area contributed by atoms with Crippen molar-refractivity contribution in [3.05, 3.63) is 58.6 Å². The molecule has 24 heavy (non-hydrogen) atoms. The van der Waals surface area contributed by atoms with Gasteiger partial charge in [0, 0.05) is 10.7 Å². The third-order valence-corrected chi connectivity index (χ3v) is 3.43. The molecule has 0 aliphatic rings. The number of carbonyl (C=O) groups is 2. The van der Waals surface area contributed by atoms with Gasteiger partial charge in [-0.15, -0.1) is 0 Å². The van der Waals surface area contributed by atoms with Crippen molar-refractivity contribution in [2.45, 2.75) is 13.0 Å². The molecular formula is C17H14ClN3O3. The van der Waals surface area contributed by atoms with Crippen molar-refractivity contribution in [3.8, 4) is 6.07 Å². The van der Waals surface area contributed by atoms with Crippen molar-refractivity contribution < 1.29 is 14.3 Å². The Kier molecular flexibility index (Phi) is 5.40. The van der Waals surface area contributed by atoms with Crippen molar-refractivity contribution in [2.24, 2.45) is 0 Å². The molecule has 0 spiro atoms. The molecular weight excluding hydrogens is 330 g/mol. The van der Waals surface area contributed by atoms with Crippen LogP contribution in [0.4, 0.5) is 11.4 Å². The van der Waals surface area contributed by atoms with Gasteiger partial charge < -0.3 is 15.8 Å². The molecule has 0 fully saturated rings. The molecule has 1 amide bonds. The van der Waals surface area contributed by atoms with Gasteiger partial charge in [0.1, 0.15) is 6.07 Å². The van der Waals surface area contributed by atoms with Gasteiger partial charge in [0.25, 0.3) is 5.91 Å². The molecule has 6 nitrogen and oxygen atoms in total. The van der Waals surface area contributed by atoms with Gasteiger partial charge in [-0.3, -0.25) is 4.79 Å². The van der Waals surface area contributed by atoms with Crippen LogP contribution in [0.2, 0.25) is 5.02 Å². The number of nitrogens with zero attached hydrogens (tertiary/aromatic N) is 1. The summed E-state index contributed by atoms with van der Waals surface area (Å²) in [6, 6.07) is 12.8. The molecule has 122 valence electrons. The average Bonchev–Trinajstić information content (AvgIpc) is 2.55. The first-order valence-electron chi connectivity index (χ1n) is 6.98. The Morgan fingerprint density at radius 2 is 2.00 bits per heavy atom. The van der Waals surface area contributed by atoms with Crippen LogP contribution >= 0.6 is 11.6 Å². The number of para-hydroxylation sites is 1. The Morgan fingerprint density at radius 3 is 2.67 bits per heavy atom. The highest BCUT2D eigenvalue weighted by molar-refractivity contribution is 6.31. The van der Waals surface area contributed by atoms with Crippen LogP contribution in [0.5, 0.6) is 0 Å².